The quantitative estimate of drug-likeness (QED) is 0.820. The Morgan fingerprint density at radius 2 is 1.72 bits per heavy atom. The fourth-order valence-electron chi connectivity index (χ4n) is 1.14. The summed E-state index contributed by atoms with van der Waals surface area (Å²) >= 11 is 0. The minimum atomic E-state index is -4.45. The Labute approximate surface area is 101 Å². The van der Waals surface area contributed by atoms with Gasteiger partial charge in [-0.2, -0.15) is 13.2 Å². The zero-order chi connectivity index (χ0) is 13.8. The lowest BCUT2D eigenvalue weighted by atomic mass is 10.1. The molecule has 98 valence electrons. The smallest absolute Gasteiger partial charge is 0.329 e. The van der Waals surface area contributed by atoms with Crippen molar-refractivity contribution in [1.82, 2.24) is 5.32 Å². The summed E-state index contributed by atoms with van der Waals surface area (Å²) in [7, 11) is 0. The van der Waals surface area contributed by atoms with Crippen LogP contribution in [0.5, 0.6) is 0 Å². The van der Waals surface area contributed by atoms with E-state index in [0.29, 0.717) is 11.3 Å². The minimum absolute atomic E-state index is 0.136. The van der Waals surface area contributed by atoms with Gasteiger partial charge in [-0.15, -0.1) is 0 Å². The molecule has 0 saturated heterocycles. The molecule has 1 aromatic carbocycles. The molecule has 1 aromatic rings. The van der Waals surface area contributed by atoms with Gasteiger partial charge < -0.3 is 10.6 Å². The topological polar surface area (TPSA) is 58.2 Å². The van der Waals surface area contributed by atoms with Crippen LogP contribution in [0.15, 0.2) is 24.3 Å². The molecule has 0 aliphatic heterocycles. The van der Waals surface area contributed by atoms with Gasteiger partial charge >= 0.3 is 12.2 Å². The number of carbonyl (C=O) groups is 2. The van der Waals surface area contributed by atoms with Gasteiger partial charge in [-0.1, -0.05) is 0 Å². The van der Waals surface area contributed by atoms with Crippen molar-refractivity contribution in [1.29, 1.82) is 0 Å². The number of nitrogens with one attached hydrogen (secondary N) is 2. The third-order valence-corrected chi connectivity index (χ3v) is 2.00. The van der Waals surface area contributed by atoms with Crippen molar-refractivity contribution >= 4 is 17.5 Å². The van der Waals surface area contributed by atoms with Crippen LogP contribution in [0.4, 0.5) is 23.7 Å². The third-order valence-electron chi connectivity index (χ3n) is 2.00. The first-order chi connectivity index (χ1) is 8.28. The molecule has 0 aliphatic rings. The van der Waals surface area contributed by atoms with E-state index < -0.39 is 18.8 Å². The number of alkyl halides is 3. The van der Waals surface area contributed by atoms with E-state index >= 15 is 0 Å². The van der Waals surface area contributed by atoms with Crippen LogP contribution in [0.3, 0.4) is 0 Å². The molecule has 2 amide bonds. The van der Waals surface area contributed by atoms with E-state index in [2.05, 4.69) is 5.32 Å². The number of benzene rings is 1. The first-order valence-electron chi connectivity index (χ1n) is 5.00. The predicted octanol–water partition coefficient (Wildman–Crippen LogP) is 2.57. The van der Waals surface area contributed by atoms with Gasteiger partial charge in [0, 0.05) is 11.3 Å². The minimum Gasteiger partial charge on any atom is -0.329 e. The largest absolute Gasteiger partial charge is 0.405 e. The molecule has 4 nitrogen and oxygen atoms in total. The summed E-state index contributed by atoms with van der Waals surface area (Å²) in [5.74, 6) is -0.136. The van der Waals surface area contributed by atoms with Gasteiger partial charge in [-0.3, -0.25) is 4.79 Å². The fourth-order valence-corrected chi connectivity index (χ4v) is 1.14. The molecule has 0 atom stereocenters. The van der Waals surface area contributed by atoms with Crippen molar-refractivity contribution in [3.8, 4) is 0 Å². The van der Waals surface area contributed by atoms with Gasteiger partial charge in [0.2, 0.25) is 0 Å². The summed E-state index contributed by atoms with van der Waals surface area (Å²) < 4.78 is 35.4. The highest BCUT2D eigenvalue weighted by molar-refractivity contribution is 5.95. The lowest BCUT2D eigenvalue weighted by Gasteiger charge is -2.09. The Morgan fingerprint density at radius 1 is 1.17 bits per heavy atom. The number of amides is 2. The van der Waals surface area contributed by atoms with E-state index in [1.54, 1.807) is 5.32 Å². The molecule has 0 heterocycles. The van der Waals surface area contributed by atoms with Gasteiger partial charge in [-0.25, -0.2) is 4.79 Å². The molecule has 18 heavy (non-hydrogen) atoms. The molecular formula is C11H11F3N2O2. The van der Waals surface area contributed by atoms with Gasteiger partial charge in [0.05, 0.1) is 0 Å². The van der Waals surface area contributed by atoms with Crippen molar-refractivity contribution in [3.63, 3.8) is 0 Å². The van der Waals surface area contributed by atoms with E-state index in [1.165, 1.54) is 31.2 Å². The van der Waals surface area contributed by atoms with Gasteiger partial charge in [0.25, 0.3) is 0 Å². The van der Waals surface area contributed by atoms with Crippen LogP contribution in [0.1, 0.15) is 17.3 Å². The second-order valence-electron chi connectivity index (χ2n) is 3.56. The summed E-state index contributed by atoms with van der Waals surface area (Å²) in [4.78, 5) is 22.1. The van der Waals surface area contributed by atoms with Crippen molar-refractivity contribution in [2.75, 3.05) is 11.9 Å². The Hall–Kier alpha value is -2.05. The number of Topliss-reactive ketones (excluding diaryl/α,β-unsaturated/α-hetero) is 1. The SMILES string of the molecule is CC(=O)c1ccc(NC(=O)NCC(F)(F)F)cc1. The molecule has 0 unspecified atom stereocenters. The average molecular weight is 260 g/mol. The molecule has 0 fully saturated rings. The molecule has 0 aromatic heterocycles. The first kappa shape index (κ1) is 14.0. The Bertz CT molecular complexity index is 441. The van der Waals surface area contributed by atoms with Crippen LogP contribution in [-0.4, -0.2) is 24.5 Å². The highest BCUT2D eigenvalue weighted by atomic mass is 19.4. The van der Waals surface area contributed by atoms with E-state index in [1.807, 2.05) is 0 Å². The number of halogens is 3. The van der Waals surface area contributed by atoms with Crippen molar-refractivity contribution in [3.05, 3.63) is 29.8 Å². The number of hydrogen-bond donors (Lipinski definition) is 2. The van der Waals surface area contributed by atoms with E-state index in [-0.39, 0.29) is 5.78 Å². The van der Waals surface area contributed by atoms with Crippen molar-refractivity contribution in [2.45, 2.75) is 13.1 Å². The highest BCUT2D eigenvalue weighted by Gasteiger charge is 2.27. The van der Waals surface area contributed by atoms with E-state index in [0.717, 1.165) is 0 Å². The maximum Gasteiger partial charge on any atom is 0.405 e. The van der Waals surface area contributed by atoms with E-state index in [4.69, 9.17) is 0 Å². The maximum absolute atomic E-state index is 11.8. The highest BCUT2D eigenvalue weighted by Crippen LogP contribution is 2.13. The van der Waals surface area contributed by atoms with E-state index in [9.17, 15) is 22.8 Å². The maximum atomic E-state index is 11.8. The summed E-state index contributed by atoms with van der Waals surface area (Å²) in [6.07, 6.45) is -4.45. The van der Waals surface area contributed by atoms with Crippen LogP contribution in [0.2, 0.25) is 0 Å². The number of urea groups is 1. The Balaban J connectivity index is 2.52. The second-order valence-corrected chi connectivity index (χ2v) is 3.56. The van der Waals surface area contributed by atoms with Crippen molar-refractivity contribution < 1.29 is 22.8 Å². The number of rotatable bonds is 3. The van der Waals surface area contributed by atoms with Gasteiger partial charge in [0.1, 0.15) is 6.54 Å². The molecule has 0 saturated carbocycles. The molecule has 0 aliphatic carbocycles. The molecular weight excluding hydrogens is 249 g/mol. The Kier molecular flexibility index (Phi) is 4.30. The lowest BCUT2D eigenvalue weighted by molar-refractivity contribution is -0.122. The summed E-state index contributed by atoms with van der Waals surface area (Å²) in [5, 5.41) is 3.89. The molecule has 7 heteroatoms. The molecule has 0 spiro atoms. The molecule has 1 rings (SSSR count). The van der Waals surface area contributed by atoms with Gasteiger partial charge in [0.15, 0.2) is 5.78 Å². The van der Waals surface area contributed by atoms with Gasteiger partial charge in [-0.05, 0) is 31.2 Å². The van der Waals surface area contributed by atoms with Crippen molar-refractivity contribution in [2.24, 2.45) is 0 Å². The molecule has 0 radical (unpaired) electrons. The summed E-state index contributed by atoms with van der Waals surface area (Å²) in [5.41, 5.74) is 0.760. The molecule has 2 N–H and O–H groups in total. The summed E-state index contributed by atoms with van der Waals surface area (Å²) in [6.45, 7) is -0.0111. The first-order valence-corrected chi connectivity index (χ1v) is 5.00. The number of hydrogen-bond acceptors (Lipinski definition) is 2. The zero-order valence-electron chi connectivity index (χ0n) is 9.47. The van der Waals surface area contributed by atoms with Crippen LogP contribution >= 0.6 is 0 Å². The van der Waals surface area contributed by atoms with Crippen LogP contribution in [0.25, 0.3) is 0 Å². The number of anilines is 1. The average Bonchev–Trinajstić information content (AvgIpc) is 2.26. The summed E-state index contributed by atoms with van der Waals surface area (Å²) in [6, 6.07) is 4.86. The van der Waals surface area contributed by atoms with Crippen LogP contribution < -0.4 is 10.6 Å². The predicted molar refractivity (Wildman–Crippen MR) is 59.5 cm³/mol. The third kappa shape index (κ3) is 4.86. The lowest BCUT2D eigenvalue weighted by Crippen LogP contribution is -2.36. The fraction of sp³-hybridized carbons (Fsp3) is 0.273. The number of ketones is 1. The second kappa shape index (κ2) is 5.52. The molecule has 0 bridgehead atoms. The van der Waals surface area contributed by atoms with Crippen LogP contribution in [-0.2, 0) is 0 Å². The normalized spacial score (nSPS) is 10.9. The Morgan fingerprint density at radius 3 is 2.17 bits per heavy atom. The van der Waals surface area contributed by atoms with Crippen LogP contribution in [0, 0.1) is 0 Å². The zero-order valence-corrected chi connectivity index (χ0v) is 9.47. The number of carbonyl (C=O) groups excluding carboxylic acids is 2. The monoisotopic (exact) mass is 260 g/mol. The standard InChI is InChI=1S/C11H11F3N2O2/c1-7(17)8-2-4-9(5-3-8)16-10(18)15-6-11(12,13)14/h2-5H,6H2,1H3,(H2,15,16,18).